The molecule has 45 heavy (non-hydrogen) atoms. The third kappa shape index (κ3) is 7.10. The quantitative estimate of drug-likeness (QED) is 0.416. The van der Waals surface area contributed by atoms with Crippen LogP contribution in [0.4, 0.5) is 4.79 Å². The highest BCUT2D eigenvalue weighted by Crippen LogP contribution is 2.45. The van der Waals surface area contributed by atoms with Crippen molar-refractivity contribution in [3.8, 4) is 6.01 Å². The molecule has 0 spiro atoms. The SMILES string of the molecule is CC(C)n1c(O[C@@H]2C[C@H]3C(=O)N[C@]4(C(=O)O)C[C@H]4C=CCCCCC[C@H](NC(=O)OC(C)(C)C)C(=O)N3C2)nc2ccccc21. The van der Waals surface area contributed by atoms with E-state index in [1.807, 2.05) is 54.8 Å². The van der Waals surface area contributed by atoms with Crippen molar-refractivity contribution in [2.75, 3.05) is 6.54 Å². The van der Waals surface area contributed by atoms with Gasteiger partial charge in [-0.15, -0.1) is 0 Å². The molecule has 12 heteroatoms. The minimum absolute atomic E-state index is 0.0295. The van der Waals surface area contributed by atoms with E-state index < -0.39 is 53.2 Å². The maximum atomic E-state index is 14.2. The summed E-state index contributed by atoms with van der Waals surface area (Å²) in [6.45, 7) is 9.35. The highest BCUT2D eigenvalue weighted by Gasteiger charge is 2.61. The first-order chi connectivity index (χ1) is 21.3. The van der Waals surface area contributed by atoms with E-state index in [0.717, 1.165) is 30.3 Å². The maximum Gasteiger partial charge on any atom is 0.408 e. The molecule has 1 aromatic carbocycles. The van der Waals surface area contributed by atoms with Gasteiger partial charge in [0.1, 0.15) is 29.3 Å². The molecule has 0 bridgehead atoms. The van der Waals surface area contributed by atoms with Crippen LogP contribution in [0.5, 0.6) is 6.01 Å². The first kappa shape index (κ1) is 32.3. The van der Waals surface area contributed by atoms with Gasteiger partial charge in [0.2, 0.25) is 11.8 Å². The Bertz CT molecular complexity index is 1480. The number of carboxylic acid groups (broad SMARTS) is 1. The number of aliphatic carboxylic acids is 1. The summed E-state index contributed by atoms with van der Waals surface area (Å²) >= 11 is 0. The topological polar surface area (TPSA) is 152 Å². The van der Waals surface area contributed by atoms with Gasteiger partial charge >= 0.3 is 12.1 Å². The van der Waals surface area contributed by atoms with Crippen LogP contribution in [-0.2, 0) is 19.1 Å². The Morgan fingerprint density at radius 2 is 1.91 bits per heavy atom. The number of carbonyl (C=O) groups excluding carboxylic acids is 3. The van der Waals surface area contributed by atoms with Gasteiger partial charge < -0.3 is 30.1 Å². The van der Waals surface area contributed by atoms with Crippen molar-refractivity contribution in [3.63, 3.8) is 0 Å². The van der Waals surface area contributed by atoms with Crippen LogP contribution in [-0.4, -0.2) is 79.3 Å². The van der Waals surface area contributed by atoms with Crippen LogP contribution < -0.4 is 15.4 Å². The van der Waals surface area contributed by atoms with Gasteiger partial charge in [0.05, 0.1) is 17.6 Å². The molecular formula is C33H45N5O7. The van der Waals surface area contributed by atoms with E-state index in [-0.39, 0.29) is 31.3 Å². The maximum absolute atomic E-state index is 14.2. The minimum atomic E-state index is -1.42. The lowest BCUT2D eigenvalue weighted by Gasteiger charge is -2.30. The molecular weight excluding hydrogens is 578 g/mol. The standard InChI is InChI=1S/C33H45N5O7/c1-20(2)38-25-16-12-11-14-23(25)34-30(38)44-22-17-26-27(39)36-33(29(41)42)18-21(33)13-9-7-6-8-10-15-24(28(40)37(26)19-22)35-31(43)45-32(3,4)5/h9,11-14,16,20-22,24,26H,6-8,10,15,17-19H2,1-5H3,(H,35,43)(H,36,39)(H,41,42)/t21-,22-,24+,26+,33-/m1/s1. The predicted octanol–water partition coefficient (Wildman–Crippen LogP) is 4.34. The second-order valence-corrected chi connectivity index (χ2v) is 13.7. The normalized spacial score (nSPS) is 27.6. The van der Waals surface area contributed by atoms with Gasteiger partial charge in [-0.25, -0.2) is 9.59 Å². The molecule has 244 valence electrons. The molecule has 12 nitrogen and oxygen atoms in total. The molecule has 0 unspecified atom stereocenters. The van der Waals surface area contributed by atoms with Crippen LogP contribution in [0.15, 0.2) is 36.4 Å². The summed E-state index contributed by atoms with van der Waals surface area (Å²) < 4.78 is 13.9. The Balaban J connectivity index is 1.45. The Morgan fingerprint density at radius 3 is 2.62 bits per heavy atom. The first-order valence-corrected chi connectivity index (χ1v) is 15.9. The highest BCUT2D eigenvalue weighted by molar-refractivity contribution is 5.96. The van der Waals surface area contributed by atoms with Crippen molar-refractivity contribution in [1.82, 2.24) is 25.1 Å². The fourth-order valence-corrected chi connectivity index (χ4v) is 6.35. The van der Waals surface area contributed by atoms with Gasteiger partial charge in [-0.2, -0.15) is 4.98 Å². The van der Waals surface area contributed by atoms with Crippen LogP contribution in [0.25, 0.3) is 11.0 Å². The van der Waals surface area contributed by atoms with E-state index in [4.69, 9.17) is 14.5 Å². The number of para-hydroxylation sites is 2. The average Bonchev–Trinajstić information content (AvgIpc) is 3.29. The summed E-state index contributed by atoms with van der Waals surface area (Å²) in [5.41, 5.74) is -0.508. The number of alkyl carbamates (subject to hydrolysis) is 1. The second kappa shape index (κ2) is 12.7. The zero-order valence-corrected chi connectivity index (χ0v) is 26.7. The summed E-state index contributed by atoms with van der Waals surface area (Å²) in [6, 6.07) is 6.16. The minimum Gasteiger partial charge on any atom is -0.479 e. The Kier molecular flexibility index (Phi) is 9.14. The third-order valence-electron chi connectivity index (χ3n) is 8.66. The monoisotopic (exact) mass is 623 g/mol. The summed E-state index contributed by atoms with van der Waals surface area (Å²) in [6.07, 6.45) is 6.40. The lowest BCUT2D eigenvalue weighted by molar-refractivity contribution is -0.145. The predicted molar refractivity (Wildman–Crippen MR) is 167 cm³/mol. The van der Waals surface area contributed by atoms with Gasteiger partial charge in [-0.1, -0.05) is 37.1 Å². The Labute approximate surface area is 263 Å². The van der Waals surface area contributed by atoms with E-state index in [1.165, 1.54) is 4.90 Å². The van der Waals surface area contributed by atoms with Crippen LogP contribution in [0.3, 0.4) is 0 Å². The molecule has 2 aromatic rings. The number of ether oxygens (including phenoxy) is 2. The van der Waals surface area contributed by atoms with Crippen LogP contribution >= 0.6 is 0 Å². The number of aromatic nitrogens is 2. The number of imidazole rings is 1. The van der Waals surface area contributed by atoms with E-state index in [1.54, 1.807) is 20.8 Å². The number of nitrogens with one attached hydrogen (secondary N) is 2. The molecule has 1 aromatic heterocycles. The van der Waals surface area contributed by atoms with Crippen molar-refractivity contribution in [2.45, 2.75) is 115 Å². The smallest absolute Gasteiger partial charge is 0.408 e. The van der Waals surface area contributed by atoms with E-state index in [0.29, 0.717) is 18.9 Å². The van der Waals surface area contributed by atoms with E-state index in [9.17, 15) is 24.3 Å². The van der Waals surface area contributed by atoms with Gasteiger partial charge in [0, 0.05) is 18.4 Å². The van der Waals surface area contributed by atoms with E-state index >= 15 is 0 Å². The molecule has 3 aliphatic rings. The fourth-order valence-electron chi connectivity index (χ4n) is 6.35. The molecule has 5 rings (SSSR count). The number of carbonyl (C=O) groups is 4. The first-order valence-electron chi connectivity index (χ1n) is 15.9. The lowest BCUT2D eigenvalue weighted by Crippen LogP contribution is -2.56. The zero-order chi connectivity index (χ0) is 32.5. The van der Waals surface area contributed by atoms with Crippen molar-refractivity contribution in [3.05, 3.63) is 36.4 Å². The average molecular weight is 624 g/mol. The number of benzene rings is 1. The number of allylic oxidation sites excluding steroid dienone is 1. The van der Waals surface area contributed by atoms with Gasteiger partial charge in [-0.3, -0.25) is 14.2 Å². The van der Waals surface area contributed by atoms with Crippen LogP contribution in [0.2, 0.25) is 0 Å². The molecule has 3 heterocycles. The molecule has 1 aliphatic carbocycles. The van der Waals surface area contributed by atoms with Gasteiger partial charge in [0.25, 0.3) is 6.01 Å². The van der Waals surface area contributed by atoms with Crippen LogP contribution in [0, 0.1) is 5.92 Å². The van der Waals surface area contributed by atoms with Gasteiger partial charge in [0.15, 0.2) is 0 Å². The van der Waals surface area contributed by atoms with Crippen LogP contribution in [0.1, 0.15) is 85.6 Å². The molecule has 3 N–H and O–H groups in total. The molecule has 0 radical (unpaired) electrons. The van der Waals surface area contributed by atoms with Crippen molar-refractivity contribution < 1.29 is 33.8 Å². The molecule has 3 amide bonds. The second-order valence-electron chi connectivity index (χ2n) is 13.7. The molecule has 1 saturated carbocycles. The Morgan fingerprint density at radius 1 is 1.16 bits per heavy atom. The number of hydrogen-bond acceptors (Lipinski definition) is 7. The zero-order valence-electron chi connectivity index (χ0n) is 26.7. The molecule has 2 fully saturated rings. The number of nitrogens with zero attached hydrogens (tertiary/aromatic N) is 3. The number of fused-ring (bicyclic) bond motifs is 3. The number of rotatable bonds is 5. The van der Waals surface area contributed by atoms with E-state index in [2.05, 4.69) is 10.6 Å². The summed E-state index contributed by atoms with van der Waals surface area (Å²) in [4.78, 5) is 59.4. The molecule has 1 saturated heterocycles. The van der Waals surface area contributed by atoms with Crippen molar-refractivity contribution in [1.29, 1.82) is 0 Å². The van der Waals surface area contributed by atoms with Gasteiger partial charge in [-0.05, 0) is 72.4 Å². The summed E-state index contributed by atoms with van der Waals surface area (Å²) in [5, 5.41) is 15.6. The highest BCUT2D eigenvalue weighted by atomic mass is 16.6. The molecule has 5 atom stereocenters. The summed E-state index contributed by atoms with van der Waals surface area (Å²) in [5.74, 6) is -2.42. The third-order valence-corrected chi connectivity index (χ3v) is 8.66. The summed E-state index contributed by atoms with van der Waals surface area (Å²) in [7, 11) is 0. The van der Waals surface area contributed by atoms with Crippen molar-refractivity contribution in [2.24, 2.45) is 5.92 Å². The Hall–Kier alpha value is -4.09. The molecule has 2 aliphatic heterocycles. The number of hydrogen-bond donors (Lipinski definition) is 3. The fraction of sp³-hybridized carbons (Fsp3) is 0.606. The van der Waals surface area contributed by atoms with Crippen molar-refractivity contribution >= 4 is 34.9 Å². The lowest BCUT2D eigenvalue weighted by atomic mass is 10.0. The number of amides is 3. The number of carboxylic acids is 1. The largest absolute Gasteiger partial charge is 0.479 e.